The number of hydrogen-bond acceptors (Lipinski definition) is 2. The molecule has 0 unspecified atom stereocenters. The van der Waals surface area contributed by atoms with Crippen molar-refractivity contribution >= 4 is 12.4 Å². The minimum absolute atomic E-state index is 0. The molecule has 66 valence electrons. The molecule has 0 radical (unpaired) electrons. The van der Waals surface area contributed by atoms with Gasteiger partial charge in [-0.05, 0) is 31.7 Å². The smallest absolute Gasteiger partial charge is 0.0613 e. The average Bonchev–Trinajstić information content (AvgIpc) is 2.29. The van der Waals surface area contributed by atoms with Crippen molar-refractivity contribution in [3.8, 4) is 0 Å². The topological polar surface area (TPSA) is 32.3 Å². The van der Waals surface area contributed by atoms with Crippen LogP contribution in [0.2, 0.25) is 0 Å². The summed E-state index contributed by atoms with van der Waals surface area (Å²) in [6, 6.07) is 0. The van der Waals surface area contributed by atoms with Gasteiger partial charge in [0.15, 0.2) is 0 Å². The van der Waals surface area contributed by atoms with E-state index in [0.717, 1.165) is 12.5 Å². The second-order valence-electron chi connectivity index (χ2n) is 3.78. The predicted molar refractivity (Wildman–Crippen MR) is 47.0 cm³/mol. The molecule has 1 heterocycles. The van der Waals surface area contributed by atoms with Crippen molar-refractivity contribution in [3.05, 3.63) is 0 Å². The second kappa shape index (κ2) is 3.30. The van der Waals surface area contributed by atoms with Gasteiger partial charge in [-0.2, -0.15) is 0 Å². The van der Waals surface area contributed by atoms with Gasteiger partial charge in [0.2, 0.25) is 0 Å². The van der Waals surface area contributed by atoms with Gasteiger partial charge in [-0.15, -0.1) is 12.4 Å². The van der Waals surface area contributed by atoms with Crippen molar-refractivity contribution in [1.29, 1.82) is 0 Å². The zero-order valence-electron chi connectivity index (χ0n) is 6.68. The summed E-state index contributed by atoms with van der Waals surface area (Å²) in [6.07, 6.45) is 5.07. The van der Waals surface area contributed by atoms with E-state index in [-0.39, 0.29) is 17.9 Å². The van der Waals surface area contributed by atoms with E-state index in [4.69, 9.17) is 5.11 Å². The van der Waals surface area contributed by atoms with Gasteiger partial charge in [-0.25, -0.2) is 0 Å². The van der Waals surface area contributed by atoms with Crippen molar-refractivity contribution in [3.63, 3.8) is 0 Å². The lowest BCUT2D eigenvalue weighted by Gasteiger charge is -2.30. The molecule has 0 aromatic rings. The van der Waals surface area contributed by atoms with Crippen LogP contribution in [0.15, 0.2) is 0 Å². The Morgan fingerprint density at radius 1 is 1.55 bits per heavy atom. The average molecular weight is 178 g/mol. The molecular weight excluding hydrogens is 162 g/mol. The highest BCUT2D eigenvalue weighted by molar-refractivity contribution is 5.85. The monoisotopic (exact) mass is 177 g/mol. The molecule has 3 heteroatoms. The molecule has 2 fully saturated rings. The van der Waals surface area contributed by atoms with Crippen LogP contribution in [0.1, 0.15) is 25.7 Å². The molecule has 2 N–H and O–H groups in total. The van der Waals surface area contributed by atoms with Crippen LogP contribution >= 0.6 is 12.4 Å². The maximum absolute atomic E-state index is 9.11. The van der Waals surface area contributed by atoms with E-state index in [1.807, 2.05) is 0 Å². The normalized spacial score (nSPS) is 41.7. The highest BCUT2D eigenvalue weighted by Gasteiger charge is 2.40. The third-order valence-corrected chi connectivity index (χ3v) is 3.02. The first kappa shape index (κ1) is 9.30. The van der Waals surface area contributed by atoms with Gasteiger partial charge in [0.25, 0.3) is 0 Å². The summed E-state index contributed by atoms with van der Waals surface area (Å²) < 4.78 is 0. The molecular formula is C8H16ClNO. The van der Waals surface area contributed by atoms with Gasteiger partial charge in [0.1, 0.15) is 0 Å². The highest BCUT2D eigenvalue weighted by atomic mass is 35.5. The Labute approximate surface area is 73.8 Å². The summed E-state index contributed by atoms with van der Waals surface area (Å²) in [7, 11) is 0. The molecule has 1 aliphatic carbocycles. The minimum Gasteiger partial charge on any atom is -0.394 e. The number of halogens is 1. The van der Waals surface area contributed by atoms with E-state index in [2.05, 4.69) is 5.32 Å². The Hall–Kier alpha value is 0.210. The minimum atomic E-state index is 0. The first-order valence-electron chi connectivity index (χ1n) is 4.21. The predicted octanol–water partition coefficient (Wildman–Crippen LogP) is 0.933. The highest BCUT2D eigenvalue weighted by Crippen LogP contribution is 2.36. The van der Waals surface area contributed by atoms with E-state index in [0.29, 0.717) is 6.61 Å². The molecule has 0 aromatic carbocycles. The molecule has 2 bridgehead atoms. The fourth-order valence-corrected chi connectivity index (χ4v) is 2.38. The van der Waals surface area contributed by atoms with Gasteiger partial charge in [0.05, 0.1) is 6.61 Å². The molecule has 1 saturated carbocycles. The van der Waals surface area contributed by atoms with Crippen LogP contribution in [-0.4, -0.2) is 23.8 Å². The summed E-state index contributed by atoms with van der Waals surface area (Å²) >= 11 is 0. The molecule has 0 aromatic heterocycles. The van der Waals surface area contributed by atoms with Gasteiger partial charge in [-0.1, -0.05) is 6.42 Å². The molecule has 0 amide bonds. The van der Waals surface area contributed by atoms with E-state index in [9.17, 15) is 0 Å². The fraction of sp³-hybridized carbons (Fsp3) is 1.00. The number of hydrogen-bond donors (Lipinski definition) is 2. The molecule has 0 spiro atoms. The van der Waals surface area contributed by atoms with Crippen molar-refractivity contribution in [2.24, 2.45) is 5.92 Å². The molecule has 2 nitrogen and oxygen atoms in total. The molecule has 2 atom stereocenters. The van der Waals surface area contributed by atoms with Gasteiger partial charge < -0.3 is 10.4 Å². The van der Waals surface area contributed by atoms with E-state index >= 15 is 0 Å². The van der Waals surface area contributed by atoms with E-state index in [1.165, 1.54) is 25.7 Å². The molecule has 2 rings (SSSR count). The quantitative estimate of drug-likeness (QED) is 0.625. The van der Waals surface area contributed by atoms with Crippen LogP contribution in [0.5, 0.6) is 0 Å². The summed E-state index contributed by atoms with van der Waals surface area (Å²) in [4.78, 5) is 0. The second-order valence-corrected chi connectivity index (χ2v) is 3.78. The maximum Gasteiger partial charge on any atom is 0.0613 e. The SMILES string of the molecule is Cl.OC[C@]12CCC[C@H](CN1)C2. The van der Waals surface area contributed by atoms with Crippen molar-refractivity contribution < 1.29 is 5.11 Å². The van der Waals surface area contributed by atoms with Crippen molar-refractivity contribution in [2.45, 2.75) is 31.2 Å². The van der Waals surface area contributed by atoms with Gasteiger partial charge in [0, 0.05) is 5.54 Å². The summed E-state index contributed by atoms with van der Waals surface area (Å²) in [5, 5.41) is 12.5. The summed E-state index contributed by atoms with van der Waals surface area (Å²) in [5.74, 6) is 0.862. The lowest BCUT2D eigenvalue weighted by Crippen LogP contribution is -2.43. The lowest BCUT2D eigenvalue weighted by atomic mass is 9.81. The number of aliphatic hydroxyl groups excluding tert-OH is 1. The first-order valence-corrected chi connectivity index (χ1v) is 4.21. The number of aliphatic hydroxyl groups is 1. The molecule has 11 heavy (non-hydrogen) atoms. The Bertz CT molecular complexity index is 138. The van der Waals surface area contributed by atoms with E-state index < -0.39 is 0 Å². The number of nitrogens with one attached hydrogen (secondary N) is 1. The Morgan fingerprint density at radius 2 is 2.36 bits per heavy atom. The zero-order chi connectivity index (χ0) is 7.03. The largest absolute Gasteiger partial charge is 0.394 e. The Morgan fingerprint density at radius 3 is 3.00 bits per heavy atom. The van der Waals surface area contributed by atoms with Crippen molar-refractivity contribution in [2.75, 3.05) is 13.2 Å². The van der Waals surface area contributed by atoms with Crippen LogP contribution in [0.4, 0.5) is 0 Å². The fourth-order valence-electron chi connectivity index (χ4n) is 2.38. The van der Waals surface area contributed by atoms with Gasteiger partial charge in [-0.3, -0.25) is 0 Å². The third-order valence-electron chi connectivity index (χ3n) is 3.02. The van der Waals surface area contributed by atoms with Crippen LogP contribution < -0.4 is 5.32 Å². The molecule has 1 aliphatic heterocycles. The molecule has 1 saturated heterocycles. The zero-order valence-corrected chi connectivity index (χ0v) is 7.49. The number of fused-ring (bicyclic) bond motifs is 2. The van der Waals surface area contributed by atoms with Crippen LogP contribution in [0, 0.1) is 5.92 Å². The van der Waals surface area contributed by atoms with Crippen LogP contribution in [0.3, 0.4) is 0 Å². The van der Waals surface area contributed by atoms with Crippen LogP contribution in [0.25, 0.3) is 0 Å². The third kappa shape index (κ3) is 1.53. The first-order chi connectivity index (χ1) is 4.85. The summed E-state index contributed by atoms with van der Waals surface area (Å²) in [5.41, 5.74) is 0.142. The van der Waals surface area contributed by atoms with Crippen LogP contribution in [-0.2, 0) is 0 Å². The maximum atomic E-state index is 9.11. The number of rotatable bonds is 1. The van der Waals surface area contributed by atoms with E-state index in [1.54, 1.807) is 0 Å². The summed E-state index contributed by atoms with van der Waals surface area (Å²) in [6.45, 7) is 1.48. The Kier molecular flexibility index (Phi) is 2.79. The lowest BCUT2D eigenvalue weighted by molar-refractivity contribution is 0.149. The standard InChI is InChI=1S/C8H15NO.ClH/c10-6-8-3-1-2-7(4-8)5-9-8;/h7,9-10H,1-6H2;1H/t7-,8+;/m0./s1. The van der Waals surface area contributed by atoms with Crippen molar-refractivity contribution in [1.82, 2.24) is 5.32 Å². The van der Waals surface area contributed by atoms with Gasteiger partial charge >= 0.3 is 0 Å². The molecule has 2 aliphatic rings. The Balaban J connectivity index is 0.000000605.